The number of nitrogen functional groups attached to an aromatic ring is 1. The van der Waals surface area contributed by atoms with E-state index in [1.807, 2.05) is 0 Å². The molecule has 0 spiro atoms. The summed E-state index contributed by atoms with van der Waals surface area (Å²) in [7, 11) is 0. The Hall–Kier alpha value is -0.750. The summed E-state index contributed by atoms with van der Waals surface area (Å²) in [6, 6.07) is 0. The fraction of sp³-hybridized carbons (Fsp3) is 0.571. The van der Waals surface area contributed by atoms with Crippen LogP contribution < -0.4 is 10.6 Å². The Kier molecular flexibility index (Phi) is 2.41. The Morgan fingerprint density at radius 1 is 1.38 bits per heavy atom. The van der Waals surface area contributed by atoms with Crippen LogP contribution in [0.5, 0.6) is 0 Å². The molecule has 1 aliphatic rings. The van der Waals surface area contributed by atoms with Crippen LogP contribution in [0.25, 0.3) is 0 Å². The van der Waals surface area contributed by atoms with Gasteiger partial charge in [0.2, 0.25) is 5.88 Å². The lowest BCUT2D eigenvalue weighted by Crippen LogP contribution is -2.36. The second kappa shape index (κ2) is 3.55. The van der Waals surface area contributed by atoms with Crippen molar-refractivity contribution in [2.75, 3.05) is 36.9 Å². The van der Waals surface area contributed by atoms with Crippen molar-refractivity contribution in [2.24, 2.45) is 0 Å². The number of anilines is 2. The van der Waals surface area contributed by atoms with E-state index in [0.29, 0.717) is 5.88 Å². The summed E-state index contributed by atoms with van der Waals surface area (Å²) in [5.41, 5.74) is 5.51. The van der Waals surface area contributed by atoms with Crippen molar-refractivity contribution >= 4 is 27.6 Å². The van der Waals surface area contributed by atoms with E-state index < -0.39 is 0 Å². The molecule has 1 saturated heterocycles. The smallest absolute Gasteiger partial charge is 0.238 e. The Balaban J connectivity index is 2.18. The molecule has 0 aliphatic carbocycles. The fourth-order valence-electron chi connectivity index (χ4n) is 1.25. The van der Waals surface area contributed by atoms with Crippen molar-refractivity contribution < 1.29 is 9.26 Å². The monoisotopic (exact) mass is 247 g/mol. The Morgan fingerprint density at radius 2 is 2.08 bits per heavy atom. The van der Waals surface area contributed by atoms with E-state index in [1.54, 1.807) is 0 Å². The van der Waals surface area contributed by atoms with Gasteiger partial charge in [-0.3, -0.25) is 0 Å². The first kappa shape index (κ1) is 8.83. The molecule has 5 nitrogen and oxygen atoms in total. The largest absolute Gasteiger partial charge is 0.378 e. The van der Waals surface area contributed by atoms with Crippen molar-refractivity contribution in [3.8, 4) is 0 Å². The second-order valence-corrected chi connectivity index (χ2v) is 3.58. The normalized spacial score (nSPS) is 17.8. The number of morpholine rings is 1. The third kappa shape index (κ3) is 1.64. The summed E-state index contributed by atoms with van der Waals surface area (Å²) in [4.78, 5) is 2.08. The molecule has 2 heterocycles. The van der Waals surface area contributed by atoms with Gasteiger partial charge in [0.05, 0.1) is 13.2 Å². The van der Waals surface area contributed by atoms with Crippen molar-refractivity contribution in [3.63, 3.8) is 0 Å². The van der Waals surface area contributed by atoms with Gasteiger partial charge < -0.3 is 19.9 Å². The molecular weight excluding hydrogens is 238 g/mol. The summed E-state index contributed by atoms with van der Waals surface area (Å²) in [6.45, 7) is 3.09. The van der Waals surface area contributed by atoms with E-state index in [4.69, 9.17) is 15.0 Å². The first-order valence-electron chi connectivity index (χ1n) is 4.02. The van der Waals surface area contributed by atoms with Crippen LogP contribution in [0, 0.1) is 0 Å². The molecule has 0 bridgehead atoms. The number of aromatic nitrogens is 1. The van der Waals surface area contributed by atoms with Crippen LogP contribution >= 0.6 is 15.9 Å². The standard InChI is InChI=1S/C7H10BrN3O2/c8-5-6(9)13-10-7(5)11-1-3-12-4-2-11/h1-4,9H2. The highest BCUT2D eigenvalue weighted by molar-refractivity contribution is 9.10. The van der Waals surface area contributed by atoms with Crippen LogP contribution in [0.15, 0.2) is 9.00 Å². The summed E-state index contributed by atoms with van der Waals surface area (Å²) in [6.07, 6.45) is 0. The van der Waals surface area contributed by atoms with Crippen LogP contribution in [0.3, 0.4) is 0 Å². The molecule has 0 atom stereocenters. The van der Waals surface area contributed by atoms with Crippen LogP contribution in [0.4, 0.5) is 11.7 Å². The second-order valence-electron chi connectivity index (χ2n) is 2.78. The lowest BCUT2D eigenvalue weighted by atomic mass is 10.4. The van der Waals surface area contributed by atoms with E-state index in [-0.39, 0.29) is 0 Å². The Morgan fingerprint density at radius 3 is 2.62 bits per heavy atom. The predicted octanol–water partition coefficient (Wildman–Crippen LogP) is 0.856. The summed E-state index contributed by atoms with van der Waals surface area (Å²) in [5, 5.41) is 3.86. The fourth-order valence-corrected chi connectivity index (χ4v) is 1.65. The van der Waals surface area contributed by atoms with E-state index >= 15 is 0 Å². The minimum absolute atomic E-state index is 0.321. The molecule has 1 aromatic heterocycles. The Bertz CT molecular complexity index is 296. The minimum atomic E-state index is 0.321. The van der Waals surface area contributed by atoms with Crippen LogP contribution in [-0.4, -0.2) is 31.5 Å². The van der Waals surface area contributed by atoms with Gasteiger partial charge in [-0.15, -0.1) is 0 Å². The summed E-state index contributed by atoms with van der Waals surface area (Å²) in [5.74, 6) is 1.09. The first-order valence-corrected chi connectivity index (χ1v) is 4.81. The summed E-state index contributed by atoms with van der Waals surface area (Å²) >= 11 is 3.32. The van der Waals surface area contributed by atoms with Gasteiger partial charge in [0, 0.05) is 13.1 Å². The summed E-state index contributed by atoms with van der Waals surface area (Å²) < 4.78 is 10.8. The lowest BCUT2D eigenvalue weighted by Gasteiger charge is -2.26. The zero-order valence-electron chi connectivity index (χ0n) is 6.99. The highest BCUT2D eigenvalue weighted by Crippen LogP contribution is 2.30. The highest BCUT2D eigenvalue weighted by Gasteiger charge is 2.19. The third-order valence-corrected chi connectivity index (χ3v) is 2.70. The number of hydrogen-bond acceptors (Lipinski definition) is 5. The molecule has 1 aromatic rings. The quantitative estimate of drug-likeness (QED) is 0.798. The molecular formula is C7H10BrN3O2. The van der Waals surface area contributed by atoms with E-state index in [0.717, 1.165) is 36.6 Å². The molecule has 13 heavy (non-hydrogen) atoms. The van der Waals surface area contributed by atoms with Crippen molar-refractivity contribution in [1.82, 2.24) is 5.16 Å². The van der Waals surface area contributed by atoms with E-state index in [2.05, 4.69) is 26.0 Å². The maximum Gasteiger partial charge on any atom is 0.238 e. The van der Waals surface area contributed by atoms with Crippen molar-refractivity contribution in [3.05, 3.63) is 4.47 Å². The number of nitrogens with zero attached hydrogens (tertiary/aromatic N) is 2. The van der Waals surface area contributed by atoms with Crippen molar-refractivity contribution in [1.29, 1.82) is 0 Å². The zero-order valence-corrected chi connectivity index (χ0v) is 8.58. The average Bonchev–Trinajstić information content (AvgIpc) is 2.49. The van der Waals surface area contributed by atoms with Crippen LogP contribution in [-0.2, 0) is 4.74 Å². The molecule has 1 aliphatic heterocycles. The molecule has 0 aromatic carbocycles. The van der Waals surface area contributed by atoms with Gasteiger partial charge in [-0.05, 0) is 15.9 Å². The predicted molar refractivity (Wildman–Crippen MR) is 51.6 cm³/mol. The number of halogens is 1. The first-order chi connectivity index (χ1) is 6.29. The molecule has 0 radical (unpaired) electrons. The topological polar surface area (TPSA) is 64.5 Å². The third-order valence-electron chi connectivity index (χ3n) is 1.95. The van der Waals surface area contributed by atoms with Crippen molar-refractivity contribution in [2.45, 2.75) is 0 Å². The van der Waals surface area contributed by atoms with E-state index in [1.165, 1.54) is 0 Å². The molecule has 0 unspecified atom stereocenters. The number of nitrogens with two attached hydrogens (primary N) is 1. The number of ether oxygens (including phenoxy) is 1. The molecule has 2 rings (SSSR count). The molecule has 1 fully saturated rings. The van der Waals surface area contributed by atoms with Gasteiger partial charge in [0.15, 0.2) is 5.82 Å². The molecule has 6 heteroatoms. The minimum Gasteiger partial charge on any atom is -0.378 e. The molecule has 0 saturated carbocycles. The van der Waals surface area contributed by atoms with Gasteiger partial charge in [-0.1, -0.05) is 5.16 Å². The van der Waals surface area contributed by atoms with Gasteiger partial charge in [0.25, 0.3) is 0 Å². The molecule has 0 amide bonds. The zero-order chi connectivity index (χ0) is 9.26. The van der Waals surface area contributed by atoms with Gasteiger partial charge >= 0.3 is 0 Å². The van der Waals surface area contributed by atoms with E-state index in [9.17, 15) is 0 Å². The van der Waals surface area contributed by atoms with Crippen LogP contribution in [0.1, 0.15) is 0 Å². The number of rotatable bonds is 1. The SMILES string of the molecule is Nc1onc(N2CCOCC2)c1Br. The molecule has 2 N–H and O–H groups in total. The van der Waals surface area contributed by atoms with Crippen LogP contribution in [0.2, 0.25) is 0 Å². The maximum absolute atomic E-state index is 5.51. The molecule has 72 valence electrons. The number of hydrogen-bond donors (Lipinski definition) is 1. The highest BCUT2D eigenvalue weighted by atomic mass is 79.9. The van der Waals surface area contributed by atoms with Gasteiger partial charge in [-0.2, -0.15) is 0 Å². The average molecular weight is 248 g/mol. The Labute approximate surface area is 83.9 Å². The van der Waals surface area contributed by atoms with Gasteiger partial charge in [-0.25, -0.2) is 0 Å². The maximum atomic E-state index is 5.51. The lowest BCUT2D eigenvalue weighted by molar-refractivity contribution is 0.122. The van der Waals surface area contributed by atoms with Gasteiger partial charge in [0.1, 0.15) is 4.47 Å².